The van der Waals surface area contributed by atoms with Gasteiger partial charge in [-0.1, -0.05) is 19.1 Å². The third-order valence-electron chi connectivity index (χ3n) is 4.61. The first-order valence-electron chi connectivity index (χ1n) is 9.12. The number of carbonyl (C=O) groups excluding carboxylic acids is 1. The quantitative estimate of drug-likeness (QED) is 0.686. The minimum Gasteiger partial charge on any atom is -0.493 e. The van der Waals surface area contributed by atoms with Crippen molar-refractivity contribution in [2.24, 2.45) is 0 Å². The molecule has 1 atom stereocenters. The fraction of sp³-hybridized carbons (Fsp3) is 0.318. The number of benzene rings is 2. The van der Waals surface area contributed by atoms with E-state index in [9.17, 15) is 4.79 Å². The first-order chi connectivity index (χ1) is 13.6. The standard InChI is InChI=1S/C22H25NO4S/c1-15-11-12-23(17-7-5-6-8-20(17)28-15)21(24)10-9-16-13-18(25-2)22(27-4)19(14-16)26-3/h5-10,13-15H,11-12H2,1-4H3/b10-9+. The number of fused-ring (bicyclic) bond motifs is 1. The lowest BCUT2D eigenvalue weighted by Gasteiger charge is -2.21. The maximum absolute atomic E-state index is 13.0. The van der Waals surface area contributed by atoms with Gasteiger partial charge in [-0.25, -0.2) is 0 Å². The molecule has 0 N–H and O–H groups in total. The van der Waals surface area contributed by atoms with E-state index in [1.165, 1.54) is 0 Å². The van der Waals surface area contributed by atoms with Crippen molar-refractivity contribution in [1.29, 1.82) is 0 Å². The molecule has 28 heavy (non-hydrogen) atoms. The summed E-state index contributed by atoms with van der Waals surface area (Å²) in [4.78, 5) is 16.0. The highest BCUT2D eigenvalue weighted by Crippen LogP contribution is 2.39. The van der Waals surface area contributed by atoms with E-state index in [1.807, 2.05) is 47.0 Å². The molecule has 1 heterocycles. The maximum atomic E-state index is 13.0. The molecule has 0 saturated heterocycles. The Bertz CT molecular complexity index is 856. The molecule has 148 valence electrons. The van der Waals surface area contributed by atoms with Crippen LogP contribution in [0.5, 0.6) is 17.2 Å². The predicted octanol–water partition coefficient (Wildman–Crippen LogP) is 4.64. The molecule has 0 bridgehead atoms. The van der Waals surface area contributed by atoms with Crippen LogP contribution in [0.3, 0.4) is 0 Å². The minimum absolute atomic E-state index is 0.0455. The Labute approximate surface area is 170 Å². The van der Waals surface area contributed by atoms with Crippen molar-refractivity contribution in [2.45, 2.75) is 23.5 Å². The zero-order chi connectivity index (χ0) is 20.1. The summed E-state index contributed by atoms with van der Waals surface area (Å²) >= 11 is 1.82. The molecule has 3 rings (SSSR count). The summed E-state index contributed by atoms with van der Waals surface area (Å²) < 4.78 is 16.1. The smallest absolute Gasteiger partial charge is 0.251 e. The van der Waals surface area contributed by atoms with Gasteiger partial charge < -0.3 is 19.1 Å². The number of methoxy groups -OCH3 is 3. The molecule has 1 aliphatic rings. The van der Waals surface area contributed by atoms with Crippen LogP contribution in [0.4, 0.5) is 5.69 Å². The lowest BCUT2D eigenvalue weighted by Crippen LogP contribution is -2.30. The molecule has 0 aliphatic carbocycles. The molecular formula is C22H25NO4S. The summed E-state index contributed by atoms with van der Waals surface area (Å²) in [5.74, 6) is 1.59. The van der Waals surface area contributed by atoms with E-state index >= 15 is 0 Å². The summed E-state index contributed by atoms with van der Waals surface area (Å²) in [5, 5.41) is 0.470. The highest BCUT2D eigenvalue weighted by Gasteiger charge is 2.22. The van der Waals surface area contributed by atoms with Crippen LogP contribution in [0.25, 0.3) is 6.08 Å². The average molecular weight is 400 g/mol. The van der Waals surface area contributed by atoms with E-state index in [0.717, 1.165) is 22.6 Å². The van der Waals surface area contributed by atoms with E-state index in [0.29, 0.717) is 29.0 Å². The predicted molar refractivity (Wildman–Crippen MR) is 114 cm³/mol. The first kappa shape index (κ1) is 20.1. The van der Waals surface area contributed by atoms with Crippen molar-refractivity contribution < 1.29 is 19.0 Å². The van der Waals surface area contributed by atoms with Crippen molar-refractivity contribution in [2.75, 3.05) is 32.8 Å². The van der Waals surface area contributed by atoms with Gasteiger partial charge in [0.2, 0.25) is 5.75 Å². The number of anilines is 1. The summed E-state index contributed by atoms with van der Waals surface area (Å²) in [7, 11) is 4.71. The topological polar surface area (TPSA) is 48.0 Å². The highest BCUT2D eigenvalue weighted by molar-refractivity contribution is 8.00. The Morgan fingerprint density at radius 3 is 2.43 bits per heavy atom. The zero-order valence-electron chi connectivity index (χ0n) is 16.6. The molecule has 0 saturated carbocycles. The van der Waals surface area contributed by atoms with Gasteiger partial charge >= 0.3 is 0 Å². The van der Waals surface area contributed by atoms with Gasteiger partial charge in [0.1, 0.15) is 0 Å². The third-order valence-corrected chi connectivity index (χ3v) is 5.85. The van der Waals surface area contributed by atoms with Crippen LogP contribution in [-0.2, 0) is 4.79 Å². The SMILES string of the molecule is COc1cc(/C=C/C(=O)N2CCC(C)Sc3ccccc32)cc(OC)c1OC. The van der Waals surface area contributed by atoms with E-state index in [4.69, 9.17) is 14.2 Å². The van der Waals surface area contributed by atoms with Crippen molar-refractivity contribution >= 4 is 29.4 Å². The summed E-state index contributed by atoms with van der Waals surface area (Å²) in [6.07, 6.45) is 4.32. The first-order valence-corrected chi connectivity index (χ1v) is 10.0. The lowest BCUT2D eigenvalue weighted by molar-refractivity contribution is -0.114. The van der Waals surface area contributed by atoms with Crippen LogP contribution in [0.15, 0.2) is 47.4 Å². The normalized spacial score (nSPS) is 16.4. The molecule has 2 aromatic rings. The molecule has 0 radical (unpaired) electrons. The van der Waals surface area contributed by atoms with Crippen LogP contribution in [0.1, 0.15) is 18.9 Å². The van der Waals surface area contributed by atoms with Crippen LogP contribution in [0, 0.1) is 0 Å². The minimum atomic E-state index is -0.0455. The van der Waals surface area contributed by atoms with Crippen molar-refractivity contribution in [3.63, 3.8) is 0 Å². The molecular weight excluding hydrogens is 374 g/mol. The van der Waals surface area contributed by atoms with Crippen molar-refractivity contribution in [3.05, 3.63) is 48.0 Å². The third kappa shape index (κ3) is 4.28. The summed E-state index contributed by atoms with van der Waals surface area (Å²) in [5.41, 5.74) is 1.77. The fourth-order valence-corrected chi connectivity index (χ4v) is 4.28. The number of hydrogen-bond donors (Lipinski definition) is 0. The Morgan fingerprint density at radius 2 is 1.79 bits per heavy atom. The Morgan fingerprint density at radius 1 is 1.11 bits per heavy atom. The van der Waals surface area contributed by atoms with Gasteiger partial charge in [-0.15, -0.1) is 11.8 Å². The van der Waals surface area contributed by atoms with Gasteiger partial charge in [-0.05, 0) is 42.3 Å². The second-order valence-corrected chi connectivity index (χ2v) is 7.95. The van der Waals surface area contributed by atoms with E-state index in [-0.39, 0.29) is 5.91 Å². The summed E-state index contributed by atoms with van der Waals surface area (Å²) in [6, 6.07) is 11.7. The van der Waals surface area contributed by atoms with Gasteiger partial charge in [-0.3, -0.25) is 4.79 Å². The molecule has 0 spiro atoms. The fourth-order valence-electron chi connectivity index (χ4n) is 3.17. The molecule has 0 fully saturated rings. The molecule has 2 aromatic carbocycles. The maximum Gasteiger partial charge on any atom is 0.251 e. The second kappa shape index (κ2) is 9.06. The molecule has 1 unspecified atom stereocenters. The van der Waals surface area contributed by atoms with Crippen LogP contribution in [-0.4, -0.2) is 39.0 Å². The average Bonchev–Trinajstić information content (AvgIpc) is 2.89. The van der Waals surface area contributed by atoms with Gasteiger partial charge in [-0.2, -0.15) is 0 Å². The number of ether oxygens (including phenoxy) is 3. The number of carbonyl (C=O) groups is 1. The van der Waals surface area contributed by atoms with Gasteiger partial charge in [0.15, 0.2) is 11.5 Å². The van der Waals surface area contributed by atoms with Gasteiger partial charge in [0, 0.05) is 22.8 Å². The second-order valence-electron chi connectivity index (χ2n) is 6.47. The van der Waals surface area contributed by atoms with Gasteiger partial charge in [0.25, 0.3) is 5.91 Å². The molecule has 6 heteroatoms. The molecule has 5 nitrogen and oxygen atoms in total. The van der Waals surface area contributed by atoms with Crippen molar-refractivity contribution in [1.82, 2.24) is 0 Å². The van der Waals surface area contributed by atoms with Crippen molar-refractivity contribution in [3.8, 4) is 17.2 Å². The zero-order valence-corrected chi connectivity index (χ0v) is 17.4. The Balaban J connectivity index is 1.88. The number of thioether (sulfide) groups is 1. The summed E-state index contributed by atoms with van der Waals surface area (Å²) in [6.45, 7) is 2.89. The Hall–Kier alpha value is -2.60. The monoisotopic (exact) mass is 399 g/mol. The largest absolute Gasteiger partial charge is 0.493 e. The molecule has 1 amide bonds. The van der Waals surface area contributed by atoms with Crippen LogP contribution < -0.4 is 19.1 Å². The number of amides is 1. The van der Waals surface area contributed by atoms with Gasteiger partial charge in [0.05, 0.1) is 27.0 Å². The molecule has 1 aliphatic heterocycles. The van der Waals surface area contributed by atoms with E-state index in [1.54, 1.807) is 33.5 Å². The number of rotatable bonds is 5. The number of para-hydroxylation sites is 1. The molecule has 0 aromatic heterocycles. The van der Waals surface area contributed by atoms with Crippen LogP contribution >= 0.6 is 11.8 Å². The van der Waals surface area contributed by atoms with E-state index in [2.05, 4.69) is 13.0 Å². The lowest BCUT2D eigenvalue weighted by atomic mass is 10.1. The van der Waals surface area contributed by atoms with E-state index < -0.39 is 0 Å². The number of hydrogen-bond acceptors (Lipinski definition) is 5. The van der Waals surface area contributed by atoms with Crippen LogP contribution in [0.2, 0.25) is 0 Å². The number of nitrogens with zero attached hydrogens (tertiary/aromatic N) is 1. The highest BCUT2D eigenvalue weighted by atomic mass is 32.2. The Kier molecular flexibility index (Phi) is 6.52.